The molecule has 0 N–H and O–H groups in total. The van der Waals surface area contributed by atoms with Crippen molar-refractivity contribution < 1.29 is 47.3 Å². The summed E-state index contributed by atoms with van der Waals surface area (Å²) < 4.78 is 37.4. The highest BCUT2D eigenvalue weighted by atomic mass is 16.6. The Morgan fingerprint density at radius 3 is 2.38 bits per heavy atom. The van der Waals surface area contributed by atoms with Gasteiger partial charge in [-0.1, -0.05) is 46.3 Å². The Bertz CT molecular complexity index is 1520. The van der Waals surface area contributed by atoms with E-state index in [1.54, 1.807) is 46.3 Å². The van der Waals surface area contributed by atoms with Gasteiger partial charge in [-0.05, 0) is 50.3 Å². The van der Waals surface area contributed by atoms with Gasteiger partial charge in [-0.3, -0.25) is 14.4 Å². The van der Waals surface area contributed by atoms with Crippen molar-refractivity contribution in [1.29, 1.82) is 0 Å². The standard InChI is InChI=1S/C37H48O10/c1-10-19(4)34(41)47-32-30-31-35(7,17-43-30)26(46-33(40)18(2)3)15-27(44-21(6)38)36(31,8)25-14-28(39)45-24-13-23(22-11-12-42-16-22)20(5)29(24)37(25,32)9/h10-12,16,18,23-27,30-32H,13-15,17H2,1-9H3. The molecular formula is C37H48O10. The first kappa shape index (κ1) is 33.5. The normalized spacial score (nSPS) is 41.0. The van der Waals surface area contributed by atoms with Crippen molar-refractivity contribution in [1.82, 2.24) is 0 Å². The smallest absolute Gasteiger partial charge is 0.333 e. The summed E-state index contributed by atoms with van der Waals surface area (Å²) >= 11 is 0. The van der Waals surface area contributed by atoms with Crippen LogP contribution in [0.5, 0.6) is 0 Å². The lowest BCUT2D eigenvalue weighted by Gasteiger charge is -2.66. The molecule has 0 spiro atoms. The fraction of sp³-hybridized carbons (Fsp3) is 0.676. The number of fused-ring (bicyclic) bond motifs is 4. The molecule has 47 heavy (non-hydrogen) atoms. The molecule has 0 radical (unpaired) electrons. The molecule has 2 saturated heterocycles. The lowest BCUT2D eigenvalue weighted by atomic mass is 9.39. The quantitative estimate of drug-likeness (QED) is 0.160. The highest BCUT2D eigenvalue weighted by Gasteiger charge is 2.78. The van der Waals surface area contributed by atoms with Crippen LogP contribution in [0.15, 0.2) is 45.8 Å². The van der Waals surface area contributed by atoms with E-state index in [0.717, 1.165) is 16.7 Å². The predicted molar refractivity (Wildman–Crippen MR) is 169 cm³/mol. The number of carbonyl (C=O) groups excluding carboxylic acids is 4. The zero-order valence-corrected chi connectivity index (χ0v) is 28.9. The summed E-state index contributed by atoms with van der Waals surface area (Å²) in [7, 11) is 0. The van der Waals surface area contributed by atoms with Gasteiger partial charge in [0.2, 0.25) is 0 Å². The maximum Gasteiger partial charge on any atom is 0.333 e. The second-order valence-corrected chi connectivity index (χ2v) is 15.3. The Morgan fingerprint density at radius 2 is 1.77 bits per heavy atom. The SMILES string of the molecule is CC=C(C)C(=O)OC1C2OCC3(C)C(OC(=O)C(C)C)CC(OC(C)=O)C(C)(C23)C2CC(=O)OC3CC(c4ccoc4)C(C)=C3C12C. The first-order chi connectivity index (χ1) is 22.1. The van der Waals surface area contributed by atoms with Gasteiger partial charge in [0.1, 0.15) is 24.4 Å². The fourth-order valence-corrected chi connectivity index (χ4v) is 10.2. The van der Waals surface area contributed by atoms with E-state index in [1.807, 2.05) is 13.0 Å². The van der Waals surface area contributed by atoms with E-state index in [9.17, 15) is 19.2 Å². The minimum absolute atomic E-state index is 0.0286. The molecule has 11 atom stereocenters. The summed E-state index contributed by atoms with van der Waals surface area (Å²) in [6, 6.07) is 1.93. The van der Waals surface area contributed by atoms with Gasteiger partial charge in [0.05, 0.1) is 31.2 Å². The van der Waals surface area contributed by atoms with E-state index < -0.39 is 70.5 Å². The first-order valence-corrected chi connectivity index (χ1v) is 16.8. The van der Waals surface area contributed by atoms with Crippen LogP contribution in [-0.4, -0.2) is 61.0 Å². The van der Waals surface area contributed by atoms with E-state index in [0.29, 0.717) is 12.0 Å². The third-order valence-corrected chi connectivity index (χ3v) is 12.4. The van der Waals surface area contributed by atoms with Crippen molar-refractivity contribution in [3.05, 3.63) is 47.0 Å². The van der Waals surface area contributed by atoms with Gasteiger partial charge >= 0.3 is 23.9 Å². The predicted octanol–water partition coefficient (Wildman–Crippen LogP) is 5.84. The summed E-state index contributed by atoms with van der Waals surface area (Å²) in [6.07, 6.45) is 2.50. The Balaban J connectivity index is 1.59. The Kier molecular flexibility index (Phi) is 8.29. The molecule has 4 fully saturated rings. The molecule has 10 heteroatoms. The van der Waals surface area contributed by atoms with Gasteiger partial charge < -0.3 is 28.1 Å². The number of carbonyl (C=O) groups is 4. The van der Waals surface area contributed by atoms with Crippen molar-refractivity contribution in [2.75, 3.05) is 6.61 Å². The number of ether oxygens (including phenoxy) is 5. The second-order valence-electron chi connectivity index (χ2n) is 15.3. The van der Waals surface area contributed by atoms with Crippen LogP contribution in [0.4, 0.5) is 0 Å². The van der Waals surface area contributed by atoms with E-state index >= 15 is 0 Å². The average Bonchev–Trinajstić information content (AvgIpc) is 3.72. The Hall–Kier alpha value is -3.40. The van der Waals surface area contributed by atoms with Gasteiger partial charge in [0, 0.05) is 53.4 Å². The molecule has 5 aliphatic rings. The number of allylic oxidation sites excluding steroid dienone is 2. The Labute approximate surface area is 276 Å². The molecular weight excluding hydrogens is 604 g/mol. The second kappa shape index (κ2) is 11.6. The number of hydrogen-bond donors (Lipinski definition) is 0. The number of hydrogen-bond acceptors (Lipinski definition) is 10. The number of esters is 4. The van der Waals surface area contributed by atoms with Crippen LogP contribution in [0.25, 0.3) is 0 Å². The van der Waals surface area contributed by atoms with Crippen LogP contribution in [-0.2, 0) is 42.9 Å². The maximum atomic E-state index is 13.9. The van der Waals surface area contributed by atoms with Crippen LogP contribution in [0, 0.1) is 34.0 Å². The van der Waals surface area contributed by atoms with Crippen molar-refractivity contribution in [3.8, 4) is 0 Å². The third kappa shape index (κ3) is 4.91. The lowest BCUT2D eigenvalue weighted by molar-refractivity contribution is -0.258. The van der Waals surface area contributed by atoms with Gasteiger partial charge in [0.15, 0.2) is 0 Å². The van der Waals surface area contributed by atoms with E-state index in [4.69, 9.17) is 28.1 Å². The molecule has 0 amide bonds. The summed E-state index contributed by atoms with van der Waals surface area (Å²) in [4.78, 5) is 53.4. The molecule has 11 unspecified atom stereocenters. The number of rotatable bonds is 6. The van der Waals surface area contributed by atoms with Gasteiger partial charge in [-0.25, -0.2) is 4.79 Å². The number of furan rings is 1. The molecule has 6 rings (SSSR count). The minimum Gasteiger partial charge on any atom is -0.472 e. The van der Waals surface area contributed by atoms with Crippen molar-refractivity contribution >= 4 is 23.9 Å². The first-order valence-electron chi connectivity index (χ1n) is 16.8. The largest absolute Gasteiger partial charge is 0.472 e. The molecule has 2 aliphatic heterocycles. The third-order valence-electron chi connectivity index (χ3n) is 12.4. The molecule has 0 bridgehead atoms. The molecule has 1 aromatic rings. The summed E-state index contributed by atoms with van der Waals surface area (Å²) in [5.41, 5.74) is 0.851. The maximum absolute atomic E-state index is 13.9. The van der Waals surface area contributed by atoms with Gasteiger partial charge in [0.25, 0.3) is 0 Å². The van der Waals surface area contributed by atoms with E-state index in [2.05, 4.69) is 20.8 Å². The topological polar surface area (TPSA) is 128 Å². The Morgan fingerprint density at radius 1 is 1.04 bits per heavy atom. The zero-order valence-electron chi connectivity index (χ0n) is 28.9. The fourth-order valence-electron chi connectivity index (χ4n) is 10.2. The minimum atomic E-state index is -0.954. The van der Waals surface area contributed by atoms with E-state index in [-0.39, 0.29) is 43.2 Å². The van der Waals surface area contributed by atoms with Gasteiger partial charge in [-0.15, -0.1) is 0 Å². The summed E-state index contributed by atoms with van der Waals surface area (Å²) in [5.74, 6) is -2.96. The molecule has 3 aliphatic carbocycles. The molecule has 3 heterocycles. The van der Waals surface area contributed by atoms with E-state index in [1.165, 1.54) is 6.92 Å². The zero-order chi connectivity index (χ0) is 34.2. The molecule has 2 saturated carbocycles. The van der Waals surface area contributed by atoms with Crippen LogP contribution < -0.4 is 0 Å². The highest BCUT2D eigenvalue weighted by molar-refractivity contribution is 5.88. The monoisotopic (exact) mass is 652 g/mol. The highest BCUT2D eigenvalue weighted by Crippen LogP contribution is 2.72. The van der Waals surface area contributed by atoms with Crippen molar-refractivity contribution in [3.63, 3.8) is 0 Å². The summed E-state index contributed by atoms with van der Waals surface area (Å²) in [6.45, 7) is 16.9. The van der Waals surface area contributed by atoms with Gasteiger partial charge in [-0.2, -0.15) is 0 Å². The van der Waals surface area contributed by atoms with Crippen LogP contribution in [0.3, 0.4) is 0 Å². The van der Waals surface area contributed by atoms with Crippen LogP contribution in [0.1, 0.15) is 93.1 Å². The molecule has 1 aromatic heterocycles. The molecule has 10 nitrogen and oxygen atoms in total. The van der Waals surface area contributed by atoms with Crippen molar-refractivity contribution in [2.45, 2.75) is 118 Å². The van der Waals surface area contributed by atoms with Crippen LogP contribution >= 0.6 is 0 Å². The lowest BCUT2D eigenvalue weighted by Crippen LogP contribution is -2.72. The molecule has 0 aromatic carbocycles. The van der Waals surface area contributed by atoms with Crippen molar-refractivity contribution in [2.24, 2.45) is 34.0 Å². The molecule has 256 valence electrons. The average molecular weight is 653 g/mol. The van der Waals surface area contributed by atoms with Crippen LogP contribution in [0.2, 0.25) is 0 Å². The summed E-state index contributed by atoms with van der Waals surface area (Å²) in [5, 5.41) is 0.